The van der Waals surface area contributed by atoms with E-state index in [1.54, 1.807) is 0 Å². The van der Waals surface area contributed by atoms with Gasteiger partial charge in [0, 0.05) is 17.5 Å². The maximum absolute atomic E-state index is 13.0. The number of amides is 1. The molecule has 0 radical (unpaired) electrons. The zero-order valence-electron chi connectivity index (χ0n) is 13.3. The van der Waals surface area contributed by atoms with Crippen molar-refractivity contribution < 1.29 is 9.18 Å². The predicted molar refractivity (Wildman–Crippen MR) is 94.0 cm³/mol. The minimum atomic E-state index is -0.998. The van der Waals surface area contributed by atoms with Gasteiger partial charge in [-0.1, -0.05) is 17.4 Å². The molecule has 2 heterocycles. The summed E-state index contributed by atoms with van der Waals surface area (Å²) in [4.78, 5) is 20.6. The fourth-order valence-electron chi connectivity index (χ4n) is 2.90. The number of aromatic nitrogens is 2. The van der Waals surface area contributed by atoms with Crippen LogP contribution in [0.4, 0.5) is 9.52 Å². The number of nitrogens with one attached hydrogen (secondary N) is 1. The van der Waals surface area contributed by atoms with Crippen molar-refractivity contribution >= 4 is 32.6 Å². The second-order valence-electron chi connectivity index (χ2n) is 6.14. The molecule has 1 saturated carbocycles. The number of benzene rings is 1. The number of thiazole rings is 1. The maximum Gasteiger partial charge on any atom is 0.232 e. The van der Waals surface area contributed by atoms with E-state index < -0.39 is 12.1 Å². The van der Waals surface area contributed by atoms with Crippen molar-refractivity contribution in [3.8, 4) is 11.1 Å². The minimum Gasteiger partial charge on any atom is -0.302 e. The highest BCUT2D eigenvalue weighted by molar-refractivity contribution is 7.22. The Bertz CT molecular complexity index is 932. The highest BCUT2D eigenvalue weighted by atomic mass is 32.1. The van der Waals surface area contributed by atoms with Crippen molar-refractivity contribution in [2.75, 3.05) is 5.32 Å². The van der Waals surface area contributed by atoms with Gasteiger partial charge >= 0.3 is 0 Å². The summed E-state index contributed by atoms with van der Waals surface area (Å²) < 4.78 is 13.9. The summed E-state index contributed by atoms with van der Waals surface area (Å²) in [6.45, 7) is 4.06. The monoisotopic (exact) mass is 341 g/mol. The number of pyridine rings is 1. The first-order chi connectivity index (χ1) is 11.5. The average molecular weight is 341 g/mol. The second kappa shape index (κ2) is 5.63. The number of rotatable bonds is 3. The maximum atomic E-state index is 13.0. The number of fused-ring (bicyclic) bond motifs is 1. The first kappa shape index (κ1) is 15.2. The number of nitrogens with zero attached hydrogens (tertiary/aromatic N) is 2. The Kier molecular flexibility index (Phi) is 3.57. The molecule has 0 spiro atoms. The van der Waals surface area contributed by atoms with Gasteiger partial charge in [0.05, 0.1) is 16.1 Å². The van der Waals surface area contributed by atoms with Gasteiger partial charge in [0.2, 0.25) is 5.91 Å². The number of aryl methyl sites for hydroxylation is 2. The summed E-state index contributed by atoms with van der Waals surface area (Å²) in [7, 11) is 0. The number of anilines is 1. The lowest BCUT2D eigenvalue weighted by Gasteiger charge is -2.08. The number of hydrogen-bond donors (Lipinski definition) is 1. The molecule has 122 valence electrons. The number of hydrogen-bond acceptors (Lipinski definition) is 4. The van der Waals surface area contributed by atoms with E-state index in [0.717, 1.165) is 27.0 Å². The van der Waals surface area contributed by atoms with Gasteiger partial charge in [0.1, 0.15) is 6.17 Å². The Labute approximate surface area is 142 Å². The molecule has 0 aliphatic heterocycles. The van der Waals surface area contributed by atoms with Crippen molar-refractivity contribution in [2.24, 2.45) is 5.92 Å². The lowest BCUT2D eigenvalue weighted by atomic mass is 10.00. The van der Waals surface area contributed by atoms with E-state index in [9.17, 15) is 9.18 Å². The van der Waals surface area contributed by atoms with Crippen molar-refractivity contribution in [3.63, 3.8) is 0 Å². The molecule has 0 bridgehead atoms. The molecule has 0 saturated heterocycles. The second-order valence-corrected chi connectivity index (χ2v) is 7.17. The van der Waals surface area contributed by atoms with Crippen LogP contribution in [0, 0.1) is 19.8 Å². The summed E-state index contributed by atoms with van der Waals surface area (Å²) in [5, 5.41) is 3.24. The first-order valence-electron chi connectivity index (χ1n) is 7.81. The molecule has 4 nitrogen and oxygen atoms in total. The molecule has 1 aromatic carbocycles. The highest BCUT2D eigenvalue weighted by Crippen LogP contribution is 2.36. The van der Waals surface area contributed by atoms with E-state index in [0.29, 0.717) is 11.6 Å². The van der Waals surface area contributed by atoms with Crippen LogP contribution in [0.1, 0.15) is 17.7 Å². The Morgan fingerprint density at radius 2 is 2.12 bits per heavy atom. The van der Waals surface area contributed by atoms with Crippen molar-refractivity contribution in [2.45, 2.75) is 26.4 Å². The first-order valence-corrected chi connectivity index (χ1v) is 8.62. The Hall–Kier alpha value is -2.34. The molecule has 1 fully saturated rings. The average Bonchev–Trinajstić information content (AvgIpc) is 3.13. The third kappa shape index (κ3) is 2.67. The van der Waals surface area contributed by atoms with E-state index in [-0.39, 0.29) is 5.91 Å². The zero-order chi connectivity index (χ0) is 16.8. The molecule has 4 rings (SSSR count). The van der Waals surface area contributed by atoms with Crippen LogP contribution in [0.2, 0.25) is 0 Å². The number of carbonyl (C=O) groups is 1. The van der Waals surface area contributed by atoms with Crippen LogP contribution in [0.5, 0.6) is 0 Å². The lowest BCUT2D eigenvalue weighted by molar-refractivity contribution is -0.117. The largest absolute Gasteiger partial charge is 0.302 e. The van der Waals surface area contributed by atoms with Gasteiger partial charge < -0.3 is 5.32 Å². The lowest BCUT2D eigenvalue weighted by Crippen LogP contribution is -2.14. The predicted octanol–water partition coefficient (Wildman–Crippen LogP) is 4.27. The third-order valence-electron chi connectivity index (χ3n) is 4.31. The molecule has 3 aromatic rings. The van der Waals surface area contributed by atoms with Crippen LogP contribution in [-0.2, 0) is 4.79 Å². The normalized spacial score (nSPS) is 19.5. The Morgan fingerprint density at radius 1 is 1.33 bits per heavy atom. The van der Waals surface area contributed by atoms with Crippen molar-refractivity contribution in [3.05, 3.63) is 41.7 Å². The zero-order valence-corrected chi connectivity index (χ0v) is 14.2. The van der Waals surface area contributed by atoms with Gasteiger partial charge in [0.15, 0.2) is 5.13 Å². The van der Waals surface area contributed by atoms with Gasteiger partial charge in [-0.05, 0) is 49.6 Å². The molecular weight excluding hydrogens is 325 g/mol. The topological polar surface area (TPSA) is 54.9 Å². The summed E-state index contributed by atoms with van der Waals surface area (Å²) in [6, 6.07) is 8.02. The summed E-state index contributed by atoms with van der Waals surface area (Å²) in [6.07, 6.45) is 1.13. The van der Waals surface area contributed by atoms with Crippen LogP contribution in [0.25, 0.3) is 21.3 Å². The van der Waals surface area contributed by atoms with Gasteiger partial charge in [-0.25, -0.2) is 9.37 Å². The SMILES string of the molecule is Cc1ccnc(C)c1-c1ccc2nc(NC(=O)C3CC3F)sc2c1. The molecule has 24 heavy (non-hydrogen) atoms. The highest BCUT2D eigenvalue weighted by Gasteiger charge is 2.43. The molecule has 2 atom stereocenters. The number of halogens is 1. The van der Waals surface area contributed by atoms with Gasteiger partial charge in [0.25, 0.3) is 0 Å². The van der Waals surface area contributed by atoms with Gasteiger partial charge in [-0.15, -0.1) is 0 Å². The van der Waals surface area contributed by atoms with Crippen LogP contribution in [0.15, 0.2) is 30.5 Å². The van der Waals surface area contributed by atoms with E-state index in [1.807, 2.05) is 31.3 Å². The van der Waals surface area contributed by atoms with E-state index in [4.69, 9.17) is 0 Å². The van der Waals surface area contributed by atoms with E-state index >= 15 is 0 Å². The molecule has 1 amide bonds. The molecule has 2 unspecified atom stereocenters. The smallest absolute Gasteiger partial charge is 0.232 e. The Balaban J connectivity index is 1.67. The summed E-state index contributed by atoms with van der Waals surface area (Å²) in [5.41, 5.74) is 5.18. The summed E-state index contributed by atoms with van der Waals surface area (Å²) in [5.74, 6) is -0.783. The molecule has 1 N–H and O–H groups in total. The van der Waals surface area contributed by atoms with E-state index in [1.165, 1.54) is 16.9 Å². The van der Waals surface area contributed by atoms with Crippen LogP contribution < -0.4 is 5.32 Å². The third-order valence-corrected chi connectivity index (χ3v) is 5.24. The molecular formula is C18H16FN3OS. The van der Waals surface area contributed by atoms with Gasteiger partial charge in [-0.2, -0.15) is 0 Å². The fraction of sp³-hybridized carbons (Fsp3) is 0.278. The number of alkyl halides is 1. The standard InChI is InChI=1S/C18H16FN3OS/c1-9-5-6-20-10(2)16(9)11-3-4-14-15(7-11)24-18(21-14)22-17(23)12-8-13(12)19/h3-7,12-13H,8H2,1-2H3,(H,21,22,23). The molecule has 6 heteroatoms. The van der Waals surface area contributed by atoms with Crippen molar-refractivity contribution in [1.29, 1.82) is 0 Å². The Morgan fingerprint density at radius 3 is 2.83 bits per heavy atom. The van der Waals surface area contributed by atoms with Gasteiger partial charge in [-0.3, -0.25) is 9.78 Å². The fourth-order valence-corrected chi connectivity index (χ4v) is 3.81. The molecule has 2 aromatic heterocycles. The quantitative estimate of drug-likeness (QED) is 0.774. The molecule has 1 aliphatic rings. The summed E-state index contributed by atoms with van der Waals surface area (Å²) >= 11 is 1.41. The van der Waals surface area contributed by atoms with Crippen LogP contribution >= 0.6 is 11.3 Å². The minimum absolute atomic E-state index is 0.277. The number of carbonyl (C=O) groups excluding carboxylic acids is 1. The van der Waals surface area contributed by atoms with Crippen LogP contribution in [0.3, 0.4) is 0 Å². The van der Waals surface area contributed by atoms with Crippen molar-refractivity contribution in [1.82, 2.24) is 9.97 Å². The van der Waals surface area contributed by atoms with Crippen LogP contribution in [-0.4, -0.2) is 22.0 Å². The molecule has 1 aliphatic carbocycles. The van der Waals surface area contributed by atoms with E-state index in [2.05, 4.69) is 28.3 Å².